The van der Waals surface area contributed by atoms with Crippen molar-refractivity contribution in [2.45, 2.75) is 32.5 Å². The third kappa shape index (κ3) is 3.68. The van der Waals surface area contributed by atoms with Crippen LogP contribution in [-0.2, 0) is 18.4 Å². The van der Waals surface area contributed by atoms with E-state index in [-0.39, 0.29) is 17.2 Å². The maximum atomic E-state index is 12.8. The predicted molar refractivity (Wildman–Crippen MR) is 106 cm³/mol. The van der Waals surface area contributed by atoms with Gasteiger partial charge in [0.05, 0.1) is 17.1 Å². The van der Waals surface area contributed by atoms with E-state index < -0.39 is 0 Å². The normalized spacial score (nSPS) is 11.0. The zero-order valence-corrected chi connectivity index (χ0v) is 16.6. The van der Waals surface area contributed by atoms with Crippen LogP contribution in [0.15, 0.2) is 40.3 Å². The van der Waals surface area contributed by atoms with Crippen LogP contribution in [-0.4, -0.2) is 35.8 Å². The van der Waals surface area contributed by atoms with E-state index in [0.29, 0.717) is 16.5 Å². The maximum Gasteiger partial charge on any atom is 0.295 e. The molecule has 0 saturated carbocycles. The van der Waals surface area contributed by atoms with Crippen LogP contribution in [0.3, 0.4) is 0 Å². The molecule has 2 aromatic heterocycles. The van der Waals surface area contributed by atoms with Crippen LogP contribution >= 0.6 is 11.8 Å². The quantitative estimate of drug-likeness (QED) is 0.656. The number of amides is 1. The van der Waals surface area contributed by atoms with Gasteiger partial charge in [0.1, 0.15) is 11.5 Å². The molecule has 0 saturated heterocycles. The molecule has 0 aliphatic heterocycles. The minimum Gasteiger partial charge on any atom is -0.319 e. The van der Waals surface area contributed by atoms with Gasteiger partial charge in [0.25, 0.3) is 5.56 Å². The van der Waals surface area contributed by atoms with Gasteiger partial charge in [-0.2, -0.15) is 0 Å². The molecule has 3 rings (SSSR count). The second kappa shape index (κ2) is 7.83. The number of nitrogens with zero attached hydrogens (tertiary/aromatic N) is 5. The first-order valence-electron chi connectivity index (χ1n) is 8.60. The maximum absolute atomic E-state index is 12.8. The van der Waals surface area contributed by atoms with Crippen molar-refractivity contribution in [3.8, 4) is 5.69 Å². The molecule has 1 amide bonds. The molecule has 0 bridgehead atoms. The molecule has 0 spiro atoms. The lowest BCUT2D eigenvalue weighted by molar-refractivity contribution is -0.113. The highest BCUT2D eigenvalue weighted by molar-refractivity contribution is 7.99. The van der Waals surface area contributed by atoms with Crippen molar-refractivity contribution in [3.63, 3.8) is 0 Å². The smallest absolute Gasteiger partial charge is 0.295 e. The van der Waals surface area contributed by atoms with Gasteiger partial charge in [0.15, 0.2) is 5.16 Å². The molecule has 142 valence electrons. The van der Waals surface area contributed by atoms with Gasteiger partial charge in [-0.15, -0.1) is 10.2 Å². The fourth-order valence-electron chi connectivity index (χ4n) is 2.85. The van der Waals surface area contributed by atoms with Crippen molar-refractivity contribution in [1.29, 1.82) is 0 Å². The summed E-state index contributed by atoms with van der Waals surface area (Å²) in [6.07, 6.45) is 0. The largest absolute Gasteiger partial charge is 0.319 e. The highest BCUT2D eigenvalue weighted by Gasteiger charge is 2.18. The van der Waals surface area contributed by atoms with Gasteiger partial charge in [-0.1, -0.05) is 30.0 Å². The highest BCUT2D eigenvalue weighted by Crippen LogP contribution is 2.18. The van der Waals surface area contributed by atoms with Crippen LogP contribution < -0.4 is 10.9 Å². The van der Waals surface area contributed by atoms with E-state index in [1.165, 1.54) is 16.4 Å². The summed E-state index contributed by atoms with van der Waals surface area (Å²) in [5.41, 5.74) is 1.47. The van der Waals surface area contributed by atoms with Crippen LogP contribution in [0.25, 0.3) is 5.69 Å². The number of nitrogens with one attached hydrogen (secondary N) is 1. The molecule has 1 aromatic carbocycles. The van der Waals surface area contributed by atoms with E-state index >= 15 is 0 Å². The molecule has 8 nitrogen and oxygen atoms in total. The van der Waals surface area contributed by atoms with Crippen molar-refractivity contribution < 1.29 is 4.79 Å². The first-order chi connectivity index (χ1) is 12.9. The number of anilines is 1. The molecule has 2 heterocycles. The summed E-state index contributed by atoms with van der Waals surface area (Å²) in [6.45, 7) is 6.42. The lowest BCUT2D eigenvalue weighted by Gasteiger charge is -2.07. The molecule has 1 N–H and O–H groups in total. The molecule has 3 aromatic rings. The van der Waals surface area contributed by atoms with Gasteiger partial charge in [-0.25, -0.2) is 4.68 Å². The SMILES string of the molecule is CCn1c(C)nnc1SCC(=O)Nc1c(C)n(C)n(-c2ccccc2)c1=O. The van der Waals surface area contributed by atoms with Crippen LogP contribution in [0.4, 0.5) is 5.69 Å². The van der Waals surface area contributed by atoms with E-state index in [2.05, 4.69) is 15.5 Å². The Balaban J connectivity index is 1.78. The standard InChI is InChI=1S/C18H22N6O2S/c1-5-23-13(3)20-21-18(23)27-11-15(25)19-16-12(2)22(4)24(17(16)26)14-9-7-6-8-10-14/h6-10H,5,11H2,1-4H3,(H,19,25). The van der Waals surface area contributed by atoms with Gasteiger partial charge < -0.3 is 9.88 Å². The summed E-state index contributed by atoms with van der Waals surface area (Å²) < 4.78 is 5.21. The zero-order valence-electron chi connectivity index (χ0n) is 15.8. The Kier molecular flexibility index (Phi) is 5.50. The zero-order chi connectivity index (χ0) is 19.6. The number of hydrogen-bond donors (Lipinski definition) is 1. The number of carbonyl (C=O) groups excluding carboxylic acids is 1. The Hall–Kier alpha value is -2.81. The predicted octanol–water partition coefficient (Wildman–Crippen LogP) is 2.14. The van der Waals surface area contributed by atoms with E-state index in [4.69, 9.17) is 0 Å². The van der Waals surface area contributed by atoms with E-state index in [9.17, 15) is 9.59 Å². The first-order valence-corrected chi connectivity index (χ1v) is 9.59. The molecule has 0 aliphatic carbocycles. The Morgan fingerprint density at radius 3 is 2.56 bits per heavy atom. The summed E-state index contributed by atoms with van der Waals surface area (Å²) in [5, 5.41) is 11.6. The molecule has 0 atom stereocenters. The fraction of sp³-hybridized carbons (Fsp3) is 0.333. The Bertz CT molecular complexity index is 1020. The Morgan fingerprint density at radius 1 is 1.19 bits per heavy atom. The van der Waals surface area contributed by atoms with Crippen molar-refractivity contribution in [2.75, 3.05) is 11.1 Å². The number of para-hydroxylation sites is 1. The number of benzene rings is 1. The van der Waals surface area contributed by atoms with Crippen molar-refractivity contribution >= 4 is 23.4 Å². The number of carbonyl (C=O) groups is 1. The molecule has 9 heteroatoms. The van der Waals surface area contributed by atoms with Crippen LogP contribution in [0, 0.1) is 13.8 Å². The summed E-state index contributed by atoms with van der Waals surface area (Å²) in [4.78, 5) is 25.2. The minimum atomic E-state index is -0.257. The molecule has 0 fully saturated rings. The van der Waals surface area contributed by atoms with E-state index in [1.54, 1.807) is 18.7 Å². The Morgan fingerprint density at radius 2 is 1.89 bits per heavy atom. The fourth-order valence-corrected chi connectivity index (χ4v) is 3.70. The van der Waals surface area contributed by atoms with Gasteiger partial charge in [0.2, 0.25) is 5.91 Å². The topological polar surface area (TPSA) is 86.7 Å². The lowest BCUT2D eigenvalue weighted by Crippen LogP contribution is -2.23. The molecule has 0 unspecified atom stereocenters. The van der Waals surface area contributed by atoms with Gasteiger partial charge >= 0.3 is 0 Å². The third-order valence-electron chi connectivity index (χ3n) is 4.37. The molecule has 0 aliphatic rings. The summed E-state index contributed by atoms with van der Waals surface area (Å²) in [6, 6.07) is 9.32. The van der Waals surface area contributed by atoms with E-state index in [0.717, 1.165) is 18.1 Å². The summed E-state index contributed by atoms with van der Waals surface area (Å²) >= 11 is 1.30. The molecular weight excluding hydrogens is 364 g/mol. The number of rotatable bonds is 6. The molecular formula is C18H22N6O2S. The Labute approximate surface area is 161 Å². The first kappa shape index (κ1) is 19.0. The highest BCUT2D eigenvalue weighted by atomic mass is 32.2. The number of thioether (sulfide) groups is 1. The van der Waals surface area contributed by atoms with Gasteiger partial charge in [0, 0.05) is 13.6 Å². The second-order valence-electron chi connectivity index (χ2n) is 6.05. The minimum absolute atomic E-state index is 0.150. The lowest BCUT2D eigenvalue weighted by atomic mass is 10.3. The summed E-state index contributed by atoms with van der Waals surface area (Å²) in [5.74, 6) is 0.705. The average molecular weight is 386 g/mol. The molecule has 0 radical (unpaired) electrons. The number of aryl methyl sites for hydroxylation is 1. The number of hydrogen-bond acceptors (Lipinski definition) is 5. The molecule has 27 heavy (non-hydrogen) atoms. The average Bonchev–Trinajstić information content (AvgIpc) is 3.13. The van der Waals surface area contributed by atoms with Crippen LogP contribution in [0.1, 0.15) is 18.4 Å². The summed E-state index contributed by atoms with van der Waals surface area (Å²) in [7, 11) is 1.79. The van der Waals surface area contributed by atoms with Crippen LogP contribution in [0.2, 0.25) is 0 Å². The van der Waals surface area contributed by atoms with Gasteiger partial charge in [-0.3, -0.25) is 14.3 Å². The number of aromatic nitrogens is 5. The van der Waals surface area contributed by atoms with Crippen molar-refractivity contribution in [1.82, 2.24) is 24.1 Å². The third-order valence-corrected chi connectivity index (χ3v) is 5.34. The van der Waals surface area contributed by atoms with Gasteiger partial charge in [-0.05, 0) is 32.9 Å². The monoisotopic (exact) mass is 386 g/mol. The van der Waals surface area contributed by atoms with Crippen molar-refractivity contribution in [2.24, 2.45) is 7.05 Å². The second-order valence-corrected chi connectivity index (χ2v) is 6.99. The van der Waals surface area contributed by atoms with Crippen LogP contribution in [0.5, 0.6) is 0 Å². The van der Waals surface area contributed by atoms with Crippen molar-refractivity contribution in [3.05, 3.63) is 52.2 Å². The van der Waals surface area contributed by atoms with E-state index in [1.807, 2.05) is 48.7 Å².